The van der Waals surface area contributed by atoms with Gasteiger partial charge in [-0.25, -0.2) is 0 Å². The largest absolute Gasteiger partial charge is 0.497 e. The lowest BCUT2D eigenvalue weighted by Gasteiger charge is -2.20. The topological polar surface area (TPSA) is 33.3 Å². The fraction of sp³-hybridized carbons (Fsp3) is 0.350. The third-order valence-electron chi connectivity index (χ3n) is 4.07. The summed E-state index contributed by atoms with van der Waals surface area (Å²) < 4.78 is 5.16. The second kappa shape index (κ2) is 8.69. The molecule has 1 atom stereocenters. The Labute approximate surface area is 150 Å². The van der Waals surface area contributed by atoms with E-state index < -0.39 is 0 Å². The van der Waals surface area contributed by atoms with Crippen LogP contribution in [-0.4, -0.2) is 12.2 Å². The Kier molecular flexibility index (Phi) is 6.62. The summed E-state index contributed by atoms with van der Waals surface area (Å²) in [6, 6.07) is 16.7. The van der Waals surface area contributed by atoms with E-state index in [1.165, 1.54) is 11.1 Å². The second-order valence-corrected chi connectivity index (χ2v) is 6.52. The molecule has 0 amide bonds. The van der Waals surface area contributed by atoms with Crippen LogP contribution in [-0.2, 0) is 0 Å². The standard InChI is InChI=1S/C20H26N2OS/c1-5-19(16-8-6-15(7-9-16)14(2)3)22-20(24)21-17-10-12-18(23-4)13-11-17/h6-14,19H,5H2,1-4H3,(H2,21,22,24). The minimum Gasteiger partial charge on any atom is -0.497 e. The number of benzene rings is 2. The van der Waals surface area contributed by atoms with Gasteiger partial charge < -0.3 is 15.4 Å². The van der Waals surface area contributed by atoms with Crippen LogP contribution in [0.5, 0.6) is 5.75 Å². The van der Waals surface area contributed by atoms with Crippen LogP contribution in [0.2, 0.25) is 0 Å². The fourth-order valence-corrected chi connectivity index (χ4v) is 2.79. The number of methoxy groups -OCH3 is 1. The van der Waals surface area contributed by atoms with Gasteiger partial charge in [0.15, 0.2) is 5.11 Å². The van der Waals surface area contributed by atoms with Gasteiger partial charge >= 0.3 is 0 Å². The van der Waals surface area contributed by atoms with Gasteiger partial charge in [0.05, 0.1) is 13.2 Å². The minimum absolute atomic E-state index is 0.199. The van der Waals surface area contributed by atoms with Gasteiger partial charge in [-0.1, -0.05) is 45.0 Å². The van der Waals surface area contributed by atoms with Crippen LogP contribution >= 0.6 is 12.2 Å². The summed E-state index contributed by atoms with van der Waals surface area (Å²) in [5.74, 6) is 1.38. The van der Waals surface area contributed by atoms with Gasteiger partial charge in [-0.3, -0.25) is 0 Å². The highest BCUT2D eigenvalue weighted by Crippen LogP contribution is 2.21. The lowest BCUT2D eigenvalue weighted by molar-refractivity contribution is 0.415. The summed E-state index contributed by atoms with van der Waals surface area (Å²) in [4.78, 5) is 0. The number of hydrogen-bond donors (Lipinski definition) is 2. The van der Waals surface area contributed by atoms with E-state index in [9.17, 15) is 0 Å². The van der Waals surface area contributed by atoms with Crippen molar-refractivity contribution in [2.75, 3.05) is 12.4 Å². The average molecular weight is 343 g/mol. The van der Waals surface area contributed by atoms with Gasteiger partial charge in [0.25, 0.3) is 0 Å². The molecule has 4 heteroatoms. The van der Waals surface area contributed by atoms with Crippen molar-refractivity contribution in [3.8, 4) is 5.75 Å². The Morgan fingerprint density at radius 1 is 1.00 bits per heavy atom. The zero-order valence-electron chi connectivity index (χ0n) is 14.8. The molecule has 0 aliphatic rings. The lowest BCUT2D eigenvalue weighted by Crippen LogP contribution is -2.32. The normalized spacial score (nSPS) is 11.9. The summed E-state index contributed by atoms with van der Waals surface area (Å²) in [5, 5.41) is 7.24. The van der Waals surface area contributed by atoms with Gasteiger partial charge in [0.1, 0.15) is 5.75 Å². The maximum absolute atomic E-state index is 5.45. The molecular formula is C20H26N2OS. The first kappa shape index (κ1) is 18.3. The molecule has 128 valence electrons. The van der Waals surface area contributed by atoms with Crippen molar-refractivity contribution in [2.24, 2.45) is 0 Å². The van der Waals surface area contributed by atoms with Crippen LogP contribution in [0.15, 0.2) is 48.5 Å². The summed E-state index contributed by atoms with van der Waals surface area (Å²) in [6.45, 7) is 6.57. The predicted molar refractivity (Wildman–Crippen MR) is 106 cm³/mol. The first-order valence-electron chi connectivity index (χ1n) is 8.35. The first-order valence-corrected chi connectivity index (χ1v) is 8.75. The summed E-state index contributed by atoms with van der Waals surface area (Å²) in [6.07, 6.45) is 0.964. The number of thiocarbonyl (C=S) groups is 1. The van der Waals surface area contributed by atoms with Crippen LogP contribution in [0.3, 0.4) is 0 Å². The number of anilines is 1. The molecule has 1 unspecified atom stereocenters. The van der Waals surface area contributed by atoms with Crippen molar-refractivity contribution in [3.63, 3.8) is 0 Å². The summed E-state index contributed by atoms with van der Waals surface area (Å²) in [7, 11) is 1.66. The Hall–Kier alpha value is -2.07. The van der Waals surface area contributed by atoms with Crippen molar-refractivity contribution in [3.05, 3.63) is 59.7 Å². The van der Waals surface area contributed by atoms with E-state index >= 15 is 0 Å². The van der Waals surface area contributed by atoms with Crippen molar-refractivity contribution >= 4 is 23.0 Å². The molecule has 2 rings (SSSR count). The van der Waals surface area contributed by atoms with E-state index in [1.54, 1.807) is 7.11 Å². The number of hydrogen-bond acceptors (Lipinski definition) is 2. The molecule has 0 radical (unpaired) electrons. The molecule has 0 fully saturated rings. The Morgan fingerprint density at radius 2 is 1.58 bits per heavy atom. The number of rotatable bonds is 6. The molecule has 24 heavy (non-hydrogen) atoms. The third-order valence-corrected chi connectivity index (χ3v) is 4.29. The molecule has 2 N–H and O–H groups in total. The van der Waals surface area contributed by atoms with Gasteiger partial charge in [-0.2, -0.15) is 0 Å². The molecule has 2 aromatic carbocycles. The van der Waals surface area contributed by atoms with Crippen molar-refractivity contribution in [2.45, 2.75) is 39.2 Å². The van der Waals surface area contributed by atoms with Gasteiger partial charge in [-0.15, -0.1) is 0 Å². The van der Waals surface area contributed by atoms with E-state index in [4.69, 9.17) is 17.0 Å². The van der Waals surface area contributed by atoms with Crippen LogP contribution in [0, 0.1) is 0 Å². The van der Waals surface area contributed by atoms with E-state index in [-0.39, 0.29) is 6.04 Å². The quantitative estimate of drug-likeness (QED) is 0.702. The fourth-order valence-electron chi connectivity index (χ4n) is 2.53. The van der Waals surface area contributed by atoms with E-state index in [0.717, 1.165) is 17.9 Å². The summed E-state index contributed by atoms with van der Waals surface area (Å²) in [5.41, 5.74) is 3.55. The van der Waals surface area contributed by atoms with E-state index in [1.807, 2.05) is 24.3 Å². The van der Waals surface area contributed by atoms with Crippen molar-refractivity contribution in [1.29, 1.82) is 0 Å². The molecule has 3 nitrogen and oxygen atoms in total. The van der Waals surface area contributed by atoms with Crippen LogP contribution in [0.4, 0.5) is 5.69 Å². The molecule has 0 bridgehead atoms. The van der Waals surface area contributed by atoms with Crippen molar-refractivity contribution in [1.82, 2.24) is 5.32 Å². The molecule has 0 aromatic heterocycles. The van der Waals surface area contributed by atoms with Gasteiger partial charge in [-0.05, 0) is 59.9 Å². The van der Waals surface area contributed by atoms with Crippen LogP contribution in [0.25, 0.3) is 0 Å². The lowest BCUT2D eigenvalue weighted by atomic mass is 9.98. The monoisotopic (exact) mass is 342 g/mol. The highest BCUT2D eigenvalue weighted by molar-refractivity contribution is 7.80. The maximum atomic E-state index is 5.45. The van der Waals surface area contributed by atoms with Crippen LogP contribution < -0.4 is 15.4 Å². The molecule has 0 heterocycles. The molecule has 0 saturated carbocycles. The SMILES string of the molecule is CCC(NC(=S)Nc1ccc(OC)cc1)c1ccc(C(C)C)cc1. The van der Waals surface area contributed by atoms with Gasteiger partial charge in [0.2, 0.25) is 0 Å². The zero-order valence-corrected chi connectivity index (χ0v) is 15.6. The molecule has 0 spiro atoms. The molecule has 0 aliphatic heterocycles. The zero-order chi connectivity index (χ0) is 17.5. The van der Waals surface area contributed by atoms with Gasteiger partial charge in [0, 0.05) is 5.69 Å². The van der Waals surface area contributed by atoms with Crippen LogP contribution in [0.1, 0.15) is 50.3 Å². The molecule has 0 aliphatic carbocycles. The Morgan fingerprint density at radius 3 is 2.08 bits per heavy atom. The summed E-state index contributed by atoms with van der Waals surface area (Å²) >= 11 is 5.45. The Balaban J connectivity index is 1.99. The highest BCUT2D eigenvalue weighted by Gasteiger charge is 2.11. The molecular weight excluding hydrogens is 316 g/mol. The number of ether oxygens (including phenoxy) is 1. The Bertz CT molecular complexity index is 650. The highest BCUT2D eigenvalue weighted by atomic mass is 32.1. The number of nitrogens with one attached hydrogen (secondary N) is 2. The molecule has 0 saturated heterocycles. The third kappa shape index (κ3) is 4.96. The average Bonchev–Trinajstić information content (AvgIpc) is 2.60. The predicted octanol–water partition coefficient (Wildman–Crippen LogP) is 5.26. The smallest absolute Gasteiger partial charge is 0.171 e. The minimum atomic E-state index is 0.199. The van der Waals surface area contributed by atoms with Crippen molar-refractivity contribution < 1.29 is 4.74 Å². The molecule has 2 aromatic rings. The maximum Gasteiger partial charge on any atom is 0.171 e. The van der Waals surface area contributed by atoms with E-state index in [0.29, 0.717) is 11.0 Å². The second-order valence-electron chi connectivity index (χ2n) is 6.11. The first-order chi connectivity index (χ1) is 11.5. The van der Waals surface area contributed by atoms with E-state index in [2.05, 4.69) is 55.7 Å².